The summed E-state index contributed by atoms with van der Waals surface area (Å²) in [6, 6.07) is 7.69. The first-order chi connectivity index (χ1) is 28.7. The predicted molar refractivity (Wildman–Crippen MR) is 224 cm³/mol. The summed E-state index contributed by atoms with van der Waals surface area (Å²) >= 11 is 0. The van der Waals surface area contributed by atoms with Gasteiger partial charge in [0.15, 0.2) is 0 Å². The van der Waals surface area contributed by atoms with Gasteiger partial charge < -0.3 is 45.5 Å². The van der Waals surface area contributed by atoms with Crippen LogP contribution in [0.2, 0.25) is 0 Å². The van der Waals surface area contributed by atoms with Gasteiger partial charge in [0, 0.05) is 41.2 Å². The number of ether oxygens (including phenoxy) is 1. The Bertz CT molecular complexity index is 1890. The second-order valence-corrected chi connectivity index (χ2v) is 22.4. The second kappa shape index (κ2) is 14.4. The maximum absolute atomic E-state index is 14.5. The van der Waals surface area contributed by atoms with Crippen LogP contribution in [0.3, 0.4) is 0 Å². The number of carbonyl (C=O) groups is 2. The Morgan fingerprint density at radius 2 is 1.60 bits per heavy atom. The largest absolute Gasteiger partial charge is 0.454 e. The lowest BCUT2D eigenvalue weighted by Gasteiger charge is -2.74. The van der Waals surface area contributed by atoms with Crippen LogP contribution < -0.4 is 5.32 Å². The first-order valence-electron chi connectivity index (χ1n) is 23.9. The van der Waals surface area contributed by atoms with Crippen LogP contribution in [0, 0.1) is 69.5 Å². The first-order valence-corrected chi connectivity index (χ1v) is 23.9. The molecule has 8 fully saturated rings. The number of carbonyl (C=O) groups excluding carboxylic acids is 2. The molecule has 10 nitrogen and oxygen atoms in total. The van der Waals surface area contributed by atoms with E-state index in [4.69, 9.17) is 4.74 Å². The fourth-order valence-corrected chi connectivity index (χ4v) is 18.0. The van der Waals surface area contributed by atoms with Gasteiger partial charge in [0.25, 0.3) is 0 Å². The zero-order chi connectivity index (χ0) is 42.2. The number of hydrogen-bond donors (Lipinski definition) is 7. The van der Waals surface area contributed by atoms with E-state index in [2.05, 4.69) is 12.2 Å². The summed E-state index contributed by atoms with van der Waals surface area (Å²) in [7, 11) is 1.91. The van der Waals surface area contributed by atoms with E-state index >= 15 is 0 Å². The molecule has 17 atom stereocenters. The summed E-state index contributed by atoms with van der Waals surface area (Å²) in [5.74, 6) is -2.56. The van der Waals surface area contributed by atoms with Crippen LogP contribution in [0.25, 0.3) is 0 Å². The molecule has 0 radical (unpaired) electrons. The lowest BCUT2D eigenvalue weighted by Crippen LogP contribution is -2.86. The highest BCUT2D eigenvalue weighted by Gasteiger charge is 2.86. The van der Waals surface area contributed by atoms with E-state index < -0.39 is 75.1 Å². The number of aliphatic hydroxyl groups is 6. The van der Waals surface area contributed by atoms with Gasteiger partial charge in [-0.25, -0.2) is 4.79 Å². The van der Waals surface area contributed by atoms with Gasteiger partial charge in [-0.1, -0.05) is 76.6 Å². The molecule has 1 aliphatic heterocycles. The first kappa shape index (κ1) is 41.8. The number of nitrogens with one attached hydrogen (secondary N) is 1. The van der Waals surface area contributed by atoms with E-state index in [-0.39, 0.29) is 49.2 Å². The quantitative estimate of drug-likeness (QED) is 0.137. The van der Waals surface area contributed by atoms with Gasteiger partial charge in [0.05, 0.1) is 29.8 Å². The lowest BCUT2D eigenvalue weighted by molar-refractivity contribution is -0.382. The van der Waals surface area contributed by atoms with Crippen molar-refractivity contribution < 1.29 is 45.0 Å². The maximum atomic E-state index is 14.5. The van der Waals surface area contributed by atoms with Gasteiger partial charge >= 0.3 is 5.97 Å². The van der Waals surface area contributed by atoms with Crippen molar-refractivity contribution in [3.63, 3.8) is 0 Å². The standard InChI is InChI=1S/C50H71NO9/c1-28(29-10-4-5-11-29)30-14-15-36-43(55)46(17-8-9-18-46)26-47(27-53)39-16-19-45(2)41-33(24-48(45,57)50(39,59)44(56)37(21-30)49(36,47)58)20-34(42-35(41)23-40(54)60-42)38(51-3)22-31-12-6-7-13-32(31)25-52/h6-7,12-13,23,27-30,33-34,36-39,41-44,51-52,55-59H,4-5,8-11,14-22,24-26H2,1-3H3/t28-,30+,33+,34-,36-,37+,38+,39+,41+,42-,43+,44+,45+,47-,48+,49+,50+/m0/s1. The Kier molecular flexibility index (Phi) is 10.0. The Balaban J connectivity index is 1.08. The minimum absolute atomic E-state index is 0.0849. The van der Waals surface area contributed by atoms with Crippen molar-refractivity contribution in [3.8, 4) is 0 Å². The molecule has 0 aromatic heterocycles. The van der Waals surface area contributed by atoms with E-state index in [1.54, 1.807) is 6.08 Å². The number of aliphatic hydroxyl groups excluding tert-OH is 3. The Labute approximate surface area is 355 Å². The SMILES string of the molecule is CN[C@H](Cc1ccccc1CO)[C@@H]1C[C@@H]2C[C@]3(O)[C@]4(O)[C@H](O)[C@H]5C[C@H]([C@@H](C)C6CCCC6)CC[C@H]6[C@@H](O)C7(CCCC7)C[C@](C=O)([C@H]4CC[C@]3(C)[C@H]2C2=CC(=O)O[C@H]21)[C@]56O. The van der Waals surface area contributed by atoms with Crippen molar-refractivity contribution in [2.45, 2.75) is 171 Å². The van der Waals surface area contributed by atoms with Gasteiger partial charge in [0.2, 0.25) is 0 Å². The van der Waals surface area contributed by atoms with Crippen LogP contribution in [0.1, 0.15) is 128 Å². The predicted octanol–water partition coefficient (Wildman–Crippen LogP) is 5.17. The molecule has 0 saturated heterocycles. The molecule has 8 saturated carbocycles. The molecule has 0 amide bonds. The molecular formula is C50H71NO9. The Morgan fingerprint density at radius 1 is 0.883 bits per heavy atom. The van der Waals surface area contributed by atoms with Crippen LogP contribution in [0.4, 0.5) is 0 Å². The molecular weight excluding hydrogens is 759 g/mol. The van der Waals surface area contributed by atoms with Crippen molar-refractivity contribution >= 4 is 12.3 Å². The molecule has 1 aromatic carbocycles. The van der Waals surface area contributed by atoms with Crippen LogP contribution in [-0.4, -0.2) is 91.1 Å². The number of esters is 1. The fraction of sp³-hybridized carbons (Fsp3) is 0.800. The van der Waals surface area contributed by atoms with Gasteiger partial charge in [-0.2, -0.15) is 0 Å². The molecule has 8 aliphatic carbocycles. The van der Waals surface area contributed by atoms with Crippen LogP contribution >= 0.6 is 0 Å². The van der Waals surface area contributed by atoms with Gasteiger partial charge in [-0.15, -0.1) is 0 Å². The van der Waals surface area contributed by atoms with Crippen molar-refractivity contribution in [1.29, 1.82) is 0 Å². The summed E-state index contributed by atoms with van der Waals surface area (Å²) in [6.45, 7) is 4.26. The molecule has 60 heavy (non-hydrogen) atoms. The third kappa shape index (κ3) is 5.25. The normalized spacial score (nSPS) is 48.8. The van der Waals surface area contributed by atoms with Crippen molar-refractivity contribution in [3.05, 3.63) is 47.0 Å². The van der Waals surface area contributed by atoms with Crippen molar-refractivity contribution in [2.24, 2.45) is 69.5 Å². The number of aldehydes is 1. The third-order valence-electron chi connectivity index (χ3n) is 20.7. The minimum Gasteiger partial charge on any atom is -0.454 e. The molecule has 0 unspecified atom stereocenters. The highest BCUT2D eigenvalue weighted by Crippen LogP contribution is 2.78. The van der Waals surface area contributed by atoms with Crippen molar-refractivity contribution in [1.82, 2.24) is 5.32 Å². The van der Waals surface area contributed by atoms with Gasteiger partial charge in [-0.3, -0.25) is 0 Å². The van der Waals surface area contributed by atoms with E-state index in [1.165, 1.54) is 12.8 Å². The number of benzene rings is 1. The Morgan fingerprint density at radius 3 is 2.28 bits per heavy atom. The summed E-state index contributed by atoms with van der Waals surface area (Å²) in [6.07, 6.45) is 11.9. The van der Waals surface area contributed by atoms with E-state index in [9.17, 15) is 40.2 Å². The van der Waals surface area contributed by atoms with E-state index in [0.29, 0.717) is 50.4 Å². The van der Waals surface area contributed by atoms with E-state index in [1.807, 2.05) is 38.2 Å². The highest BCUT2D eigenvalue weighted by molar-refractivity contribution is 5.86. The molecule has 7 N–H and O–H groups in total. The smallest absolute Gasteiger partial charge is 0.331 e. The van der Waals surface area contributed by atoms with Crippen LogP contribution in [-0.2, 0) is 27.4 Å². The summed E-state index contributed by atoms with van der Waals surface area (Å²) in [5.41, 5.74) is -6.12. The summed E-state index contributed by atoms with van der Waals surface area (Å²) in [4.78, 5) is 27.9. The fourth-order valence-electron chi connectivity index (χ4n) is 18.0. The average Bonchev–Trinajstić information content (AvgIpc) is 4.04. The monoisotopic (exact) mass is 830 g/mol. The molecule has 9 aliphatic rings. The molecule has 330 valence electrons. The van der Waals surface area contributed by atoms with E-state index in [0.717, 1.165) is 67.9 Å². The second-order valence-electron chi connectivity index (χ2n) is 22.4. The molecule has 10 rings (SSSR count). The molecule has 1 heterocycles. The molecule has 1 spiro atoms. The highest BCUT2D eigenvalue weighted by atomic mass is 16.5. The zero-order valence-electron chi connectivity index (χ0n) is 36.1. The van der Waals surface area contributed by atoms with Crippen LogP contribution in [0.15, 0.2) is 35.9 Å². The topological polar surface area (TPSA) is 177 Å². The van der Waals surface area contributed by atoms with Gasteiger partial charge in [0.1, 0.15) is 23.6 Å². The zero-order valence-corrected chi connectivity index (χ0v) is 36.1. The third-order valence-corrected chi connectivity index (χ3v) is 20.7. The lowest BCUT2D eigenvalue weighted by atomic mass is 9.33. The number of rotatable bonds is 8. The molecule has 0 bridgehead atoms. The van der Waals surface area contributed by atoms with Gasteiger partial charge in [-0.05, 0) is 129 Å². The summed E-state index contributed by atoms with van der Waals surface area (Å²) in [5, 5.41) is 81.4. The molecule has 10 heteroatoms. The molecule has 1 aromatic rings. The van der Waals surface area contributed by atoms with Crippen LogP contribution in [0.5, 0.6) is 0 Å². The Hall–Kier alpha value is -2.18. The minimum atomic E-state index is -2.15. The summed E-state index contributed by atoms with van der Waals surface area (Å²) < 4.78 is 6.18. The maximum Gasteiger partial charge on any atom is 0.331 e. The number of likely N-dealkylation sites (N-methyl/N-ethyl adjacent to an activating group) is 1. The number of hydrogen-bond acceptors (Lipinski definition) is 10. The van der Waals surface area contributed by atoms with Crippen molar-refractivity contribution in [2.75, 3.05) is 7.05 Å². The average molecular weight is 830 g/mol. The number of fused-ring (bicyclic) bond motifs is 8.